The van der Waals surface area contributed by atoms with Gasteiger partial charge in [-0.2, -0.15) is 0 Å². The number of pyridine rings is 1. The second kappa shape index (κ2) is 7.21. The highest BCUT2D eigenvalue weighted by atomic mass is 16.5. The molecule has 1 unspecified atom stereocenters. The topological polar surface area (TPSA) is 77.6 Å². The molecule has 0 radical (unpaired) electrons. The van der Waals surface area contributed by atoms with Crippen LogP contribution in [0.3, 0.4) is 0 Å². The van der Waals surface area contributed by atoms with E-state index in [1.165, 1.54) is 0 Å². The Morgan fingerprint density at radius 2 is 2.18 bits per heavy atom. The minimum Gasteiger partial charge on any atom is -0.388 e. The number of ether oxygens (including phenoxy) is 2. The molecule has 1 aromatic rings. The van der Waals surface area contributed by atoms with Crippen LogP contribution in [0, 0.1) is 6.92 Å². The second-order valence-corrected chi connectivity index (χ2v) is 3.84. The second-order valence-electron chi connectivity index (χ2n) is 3.84. The van der Waals surface area contributed by atoms with Gasteiger partial charge in [0.25, 0.3) is 0 Å². The number of nitrogens with zero attached hydrogens (tertiary/aromatic N) is 1. The van der Waals surface area contributed by atoms with Crippen LogP contribution in [-0.2, 0) is 9.47 Å². The Kier molecular flexibility index (Phi) is 5.90. The van der Waals surface area contributed by atoms with Crippen molar-refractivity contribution in [3.05, 3.63) is 23.4 Å². The maximum Gasteiger partial charge on any atom is 0.129 e. The molecule has 17 heavy (non-hydrogen) atoms. The van der Waals surface area contributed by atoms with E-state index in [2.05, 4.69) is 4.98 Å². The van der Waals surface area contributed by atoms with Gasteiger partial charge in [-0.05, 0) is 18.6 Å². The number of aryl methyl sites for hydroxylation is 1. The standard InChI is InChI=1S/C12H20N2O3/c1-9-3-5-14-12(13)11(9)10(15)4-6-17-8-7-16-2/h3,5,10,15H,4,6-8H2,1-2H3,(H2,13,14). The van der Waals surface area contributed by atoms with Crippen molar-refractivity contribution in [2.75, 3.05) is 32.7 Å². The lowest BCUT2D eigenvalue weighted by Crippen LogP contribution is -2.10. The van der Waals surface area contributed by atoms with Crippen LogP contribution in [0.2, 0.25) is 0 Å². The average Bonchev–Trinajstić information content (AvgIpc) is 2.28. The zero-order chi connectivity index (χ0) is 12.7. The van der Waals surface area contributed by atoms with Gasteiger partial charge in [-0.1, -0.05) is 0 Å². The van der Waals surface area contributed by atoms with Crippen LogP contribution in [0.25, 0.3) is 0 Å². The third-order valence-electron chi connectivity index (χ3n) is 2.54. The minimum absolute atomic E-state index is 0.384. The molecule has 96 valence electrons. The van der Waals surface area contributed by atoms with Crippen molar-refractivity contribution in [3.8, 4) is 0 Å². The Balaban J connectivity index is 2.44. The highest BCUT2D eigenvalue weighted by Gasteiger charge is 2.14. The normalized spacial score (nSPS) is 12.6. The molecular weight excluding hydrogens is 220 g/mol. The van der Waals surface area contributed by atoms with Gasteiger partial charge in [-0.25, -0.2) is 4.98 Å². The maximum atomic E-state index is 10.0. The molecule has 0 aromatic carbocycles. The van der Waals surface area contributed by atoms with Gasteiger partial charge in [-0.15, -0.1) is 0 Å². The molecule has 0 aliphatic rings. The lowest BCUT2D eigenvalue weighted by Gasteiger charge is -2.15. The summed E-state index contributed by atoms with van der Waals surface area (Å²) in [4.78, 5) is 3.98. The lowest BCUT2D eigenvalue weighted by atomic mass is 10.0. The van der Waals surface area contributed by atoms with Crippen LogP contribution in [0.15, 0.2) is 12.3 Å². The number of nitrogen functional groups attached to an aromatic ring is 1. The van der Waals surface area contributed by atoms with E-state index < -0.39 is 6.10 Å². The molecule has 1 heterocycles. The van der Waals surface area contributed by atoms with Crippen molar-refractivity contribution >= 4 is 5.82 Å². The van der Waals surface area contributed by atoms with Crippen LogP contribution in [-0.4, -0.2) is 37.0 Å². The SMILES string of the molecule is COCCOCCC(O)c1c(C)ccnc1N. The maximum absolute atomic E-state index is 10.0. The van der Waals surface area contributed by atoms with Crippen molar-refractivity contribution in [1.82, 2.24) is 4.98 Å². The summed E-state index contributed by atoms with van der Waals surface area (Å²) in [5.74, 6) is 0.384. The number of nitrogens with two attached hydrogens (primary N) is 1. The number of methoxy groups -OCH3 is 1. The van der Waals surface area contributed by atoms with Gasteiger partial charge in [0, 0.05) is 31.9 Å². The lowest BCUT2D eigenvalue weighted by molar-refractivity contribution is 0.0475. The van der Waals surface area contributed by atoms with Crippen LogP contribution in [0.4, 0.5) is 5.82 Å². The quantitative estimate of drug-likeness (QED) is 0.697. The average molecular weight is 240 g/mol. The number of aromatic nitrogens is 1. The molecule has 0 bridgehead atoms. The van der Waals surface area contributed by atoms with Gasteiger partial charge in [0.2, 0.25) is 0 Å². The molecule has 5 heteroatoms. The van der Waals surface area contributed by atoms with Crippen molar-refractivity contribution in [2.45, 2.75) is 19.4 Å². The highest BCUT2D eigenvalue weighted by Crippen LogP contribution is 2.24. The molecule has 0 spiro atoms. The third-order valence-corrected chi connectivity index (χ3v) is 2.54. The molecule has 0 saturated carbocycles. The van der Waals surface area contributed by atoms with Gasteiger partial charge >= 0.3 is 0 Å². The first-order valence-electron chi connectivity index (χ1n) is 5.62. The van der Waals surface area contributed by atoms with Crippen molar-refractivity contribution in [3.63, 3.8) is 0 Å². The molecule has 0 saturated heterocycles. The Morgan fingerprint density at radius 3 is 2.82 bits per heavy atom. The molecule has 1 atom stereocenters. The van der Waals surface area contributed by atoms with E-state index in [1.807, 2.05) is 13.0 Å². The minimum atomic E-state index is -0.633. The first-order chi connectivity index (χ1) is 8.16. The highest BCUT2D eigenvalue weighted by molar-refractivity contribution is 5.45. The van der Waals surface area contributed by atoms with Crippen LogP contribution in [0.1, 0.15) is 23.7 Å². The van der Waals surface area contributed by atoms with Crippen LogP contribution < -0.4 is 5.73 Å². The largest absolute Gasteiger partial charge is 0.388 e. The number of rotatable bonds is 7. The van der Waals surface area contributed by atoms with Gasteiger partial charge in [0.05, 0.1) is 19.3 Å². The number of anilines is 1. The summed E-state index contributed by atoms with van der Waals surface area (Å²) in [5.41, 5.74) is 7.39. The Bertz CT molecular complexity index is 324. The molecule has 1 aromatic heterocycles. The first-order valence-corrected chi connectivity index (χ1v) is 5.62. The smallest absolute Gasteiger partial charge is 0.129 e. The fourth-order valence-electron chi connectivity index (χ4n) is 1.61. The molecule has 3 N–H and O–H groups in total. The van der Waals surface area contributed by atoms with E-state index in [9.17, 15) is 5.11 Å². The molecule has 0 fully saturated rings. The zero-order valence-electron chi connectivity index (χ0n) is 10.3. The van der Waals surface area contributed by atoms with Gasteiger partial charge in [-0.3, -0.25) is 0 Å². The summed E-state index contributed by atoms with van der Waals surface area (Å²) >= 11 is 0. The van der Waals surface area contributed by atoms with Crippen molar-refractivity contribution in [1.29, 1.82) is 0 Å². The predicted molar refractivity (Wildman–Crippen MR) is 65.7 cm³/mol. The summed E-state index contributed by atoms with van der Waals surface area (Å²) in [5, 5.41) is 10.0. The predicted octanol–water partition coefficient (Wildman–Crippen LogP) is 1.06. The first kappa shape index (κ1) is 13.9. The summed E-state index contributed by atoms with van der Waals surface area (Å²) < 4.78 is 10.2. The Morgan fingerprint density at radius 1 is 1.41 bits per heavy atom. The molecular formula is C12H20N2O3. The molecule has 5 nitrogen and oxygen atoms in total. The zero-order valence-corrected chi connectivity index (χ0v) is 10.3. The number of aliphatic hydroxyl groups is 1. The van der Waals surface area contributed by atoms with Gasteiger partial charge in [0.1, 0.15) is 5.82 Å². The summed E-state index contributed by atoms with van der Waals surface area (Å²) in [7, 11) is 1.62. The Labute approximate surface area is 102 Å². The Hall–Kier alpha value is -1.17. The fraction of sp³-hybridized carbons (Fsp3) is 0.583. The van der Waals surface area contributed by atoms with Crippen LogP contribution in [0.5, 0.6) is 0 Å². The molecule has 0 aliphatic heterocycles. The molecule has 1 rings (SSSR count). The van der Waals surface area contributed by atoms with E-state index in [1.54, 1.807) is 13.3 Å². The van der Waals surface area contributed by atoms with Gasteiger partial charge in [0.15, 0.2) is 0 Å². The summed E-state index contributed by atoms with van der Waals surface area (Å²) in [6, 6.07) is 1.83. The van der Waals surface area contributed by atoms with E-state index in [0.717, 1.165) is 5.56 Å². The van der Waals surface area contributed by atoms with Crippen LogP contribution >= 0.6 is 0 Å². The number of hydrogen-bond donors (Lipinski definition) is 2. The van der Waals surface area contributed by atoms with E-state index in [4.69, 9.17) is 15.2 Å². The fourth-order valence-corrected chi connectivity index (χ4v) is 1.61. The molecule has 0 amide bonds. The van der Waals surface area contributed by atoms with E-state index in [-0.39, 0.29) is 0 Å². The van der Waals surface area contributed by atoms with E-state index in [0.29, 0.717) is 37.6 Å². The summed E-state index contributed by atoms with van der Waals surface area (Å²) in [6.07, 6.45) is 1.50. The third kappa shape index (κ3) is 4.30. The number of hydrogen-bond acceptors (Lipinski definition) is 5. The number of aliphatic hydroxyl groups excluding tert-OH is 1. The van der Waals surface area contributed by atoms with Crippen molar-refractivity contribution < 1.29 is 14.6 Å². The van der Waals surface area contributed by atoms with Crippen molar-refractivity contribution in [2.24, 2.45) is 0 Å². The monoisotopic (exact) mass is 240 g/mol. The van der Waals surface area contributed by atoms with Gasteiger partial charge < -0.3 is 20.3 Å². The van der Waals surface area contributed by atoms with E-state index >= 15 is 0 Å². The molecule has 0 aliphatic carbocycles. The summed E-state index contributed by atoms with van der Waals surface area (Å²) in [6.45, 7) is 3.47.